The summed E-state index contributed by atoms with van der Waals surface area (Å²) in [7, 11) is 0. The first-order chi connectivity index (χ1) is 13.6. The van der Waals surface area contributed by atoms with E-state index < -0.39 is 35.1 Å². The van der Waals surface area contributed by atoms with Crippen molar-refractivity contribution in [2.75, 3.05) is 19.6 Å². The summed E-state index contributed by atoms with van der Waals surface area (Å²) in [6.07, 6.45) is -4.12. The van der Waals surface area contributed by atoms with Gasteiger partial charge in [0.25, 0.3) is 5.91 Å². The summed E-state index contributed by atoms with van der Waals surface area (Å²) in [5, 5.41) is 0. The Hall–Kier alpha value is -2.90. The van der Waals surface area contributed by atoms with Crippen molar-refractivity contribution in [2.24, 2.45) is 0 Å². The minimum absolute atomic E-state index is 0.0639. The number of hydrogen-bond acceptors (Lipinski definition) is 2. The molecule has 1 unspecified atom stereocenters. The predicted octanol–water partition coefficient (Wildman–Crippen LogP) is 3.73. The third kappa shape index (κ3) is 3.47. The number of benzene rings is 2. The van der Waals surface area contributed by atoms with Gasteiger partial charge >= 0.3 is 6.18 Å². The number of hydrogen-bond donors (Lipinski definition) is 0. The average Bonchev–Trinajstić information content (AvgIpc) is 2.65. The molecule has 2 heterocycles. The molecule has 0 radical (unpaired) electrons. The first-order valence-electron chi connectivity index (χ1n) is 9.20. The van der Waals surface area contributed by atoms with Crippen molar-refractivity contribution >= 4 is 11.8 Å². The van der Waals surface area contributed by atoms with Crippen LogP contribution >= 0.6 is 0 Å². The molecule has 152 valence electrons. The number of amides is 2. The molecule has 1 fully saturated rings. The second kappa shape index (κ2) is 6.86. The number of nitrogens with zero attached hydrogens (tertiary/aromatic N) is 2. The maximum Gasteiger partial charge on any atom is 0.417 e. The Morgan fingerprint density at radius 2 is 1.90 bits per heavy atom. The Morgan fingerprint density at radius 1 is 1.14 bits per heavy atom. The lowest BCUT2D eigenvalue weighted by Gasteiger charge is -2.44. The number of aryl methyl sites for hydroxylation is 1. The largest absolute Gasteiger partial charge is 0.417 e. The summed E-state index contributed by atoms with van der Waals surface area (Å²) < 4.78 is 53.6. The highest BCUT2D eigenvalue weighted by molar-refractivity contribution is 5.98. The van der Waals surface area contributed by atoms with Crippen LogP contribution in [-0.2, 0) is 17.4 Å². The van der Waals surface area contributed by atoms with Gasteiger partial charge in [0.05, 0.1) is 17.2 Å². The Labute approximate surface area is 164 Å². The van der Waals surface area contributed by atoms with Crippen LogP contribution in [0.1, 0.15) is 38.7 Å². The molecule has 0 bridgehead atoms. The van der Waals surface area contributed by atoms with Crippen molar-refractivity contribution in [1.82, 2.24) is 9.80 Å². The van der Waals surface area contributed by atoms with Gasteiger partial charge in [-0.3, -0.25) is 9.59 Å². The fourth-order valence-corrected chi connectivity index (χ4v) is 4.13. The van der Waals surface area contributed by atoms with E-state index in [1.807, 2.05) is 25.1 Å². The third-order valence-electron chi connectivity index (χ3n) is 5.50. The van der Waals surface area contributed by atoms with Crippen LogP contribution < -0.4 is 0 Å². The molecule has 2 aromatic carbocycles. The molecule has 1 atom stereocenters. The van der Waals surface area contributed by atoms with Gasteiger partial charge in [0.1, 0.15) is 12.4 Å². The lowest BCUT2D eigenvalue weighted by atomic mass is 9.89. The maximum atomic E-state index is 13.6. The van der Waals surface area contributed by atoms with Gasteiger partial charge in [-0.15, -0.1) is 0 Å². The second-order valence-corrected chi connectivity index (χ2v) is 7.43. The molecule has 0 aliphatic carbocycles. The number of halogens is 4. The van der Waals surface area contributed by atoms with E-state index in [1.54, 1.807) is 4.90 Å². The Bertz CT molecular complexity index is 1000. The van der Waals surface area contributed by atoms with E-state index in [2.05, 4.69) is 0 Å². The van der Waals surface area contributed by atoms with Crippen LogP contribution in [0.25, 0.3) is 0 Å². The average molecular weight is 406 g/mol. The summed E-state index contributed by atoms with van der Waals surface area (Å²) in [6, 6.07) is 7.20. The van der Waals surface area contributed by atoms with Crippen LogP contribution in [0.3, 0.4) is 0 Å². The Morgan fingerprint density at radius 3 is 2.62 bits per heavy atom. The molecule has 2 amide bonds. The van der Waals surface area contributed by atoms with Crippen molar-refractivity contribution in [3.05, 3.63) is 70.0 Å². The Kier molecular flexibility index (Phi) is 4.59. The second-order valence-electron chi connectivity index (χ2n) is 7.43. The number of alkyl halides is 3. The van der Waals surface area contributed by atoms with E-state index in [0.717, 1.165) is 21.6 Å². The van der Waals surface area contributed by atoms with Gasteiger partial charge in [0.2, 0.25) is 5.91 Å². The lowest BCUT2D eigenvalue weighted by molar-refractivity contribution is -0.139. The van der Waals surface area contributed by atoms with E-state index in [1.165, 1.54) is 0 Å². The highest BCUT2D eigenvalue weighted by atomic mass is 19.4. The number of carbonyl (C=O) groups is 2. The highest BCUT2D eigenvalue weighted by Crippen LogP contribution is 2.36. The minimum atomic E-state index is -4.81. The zero-order chi connectivity index (χ0) is 20.9. The minimum Gasteiger partial charge on any atom is -0.332 e. The van der Waals surface area contributed by atoms with Crippen molar-refractivity contribution < 1.29 is 27.2 Å². The molecule has 4 nitrogen and oxygen atoms in total. The van der Waals surface area contributed by atoms with Crippen LogP contribution in [0.5, 0.6) is 0 Å². The fraction of sp³-hybridized carbons (Fsp3) is 0.333. The number of carbonyl (C=O) groups excluding carboxylic acids is 2. The molecule has 29 heavy (non-hydrogen) atoms. The van der Waals surface area contributed by atoms with E-state index >= 15 is 0 Å². The summed E-state index contributed by atoms with van der Waals surface area (Å²) >= 11 is 0. The fourth-order valence-electron chi connectivity index (χ4n) is 4.13. The Balaban J connectivity index is 1.70. The van der Waals surface area contributed by atoms with Crippen molar-refractivity contribution in [1.29, 1.82) is 0 Å². The molecule has 0 N–H and O–H groups in total. The normalized spacial score (nSPS) is 19.1. The van der Waals surface area contributed by atoms with Crippen LogP contribution in [0, 0.1) is 12.7 Å². The summed E-state index contributed by atoms with van der Waals surface area (Å²) in [6.45, 7) is 2.19. The topological polar surface area (TPSA) is 40.6 Å². The van der Waals surface area contributed by atoms with Gasteiger partial charge in [0.15, 0.2) is 0 Å². The molecule has 2 aliphatic heterocycles. The summed E-state index contributed by atoms with van der Waals surface area (Å²) in [4.78, 5) is 28.3. The molecular weight excluding hydrogens is 388 g/mol. The molecule has 8 heteroatoms. The quantitative estimate of drug-likeness (QED) is 0.677. The van der Waals surface area contributed by atoms with Gasteiger partial charge < -0.3 is 9.80 Å². The standard InChI is InChI=1S/C21H18F4N2O2/c1-12-2-4-15-13(8-12)6-7-27-18(15)10-26(11-19(27)28)20(29)16-9-14(22)3-5-17(16)21(23,24)25/h2-5,8-9,18H,6-7,10-11H2,1H3. The van der Waals surface area contributed by atoms with E-state index in [9.17, 15) is 27.2 Å². The SMILES string of the molecule is Cc1ccc2c(c1)CCN1C(=O)CN(C(=O)c3cc(F)ccc3C(F)(F)F)CC21. The maximum absolute atomic E-state index is 13.6. The summed E-state index contributed by atoms with van der Waals surface area (Å²) in [5.74, 6) is -2.26. The van der Waals surface area contributed by atoms with Crippen LogP contribution in [0.2, 0.25) is 0 Å². The zero-order valence-corrected chi connectivity index (χ0v) is 15.6. The number of piperazine rings is 1. The van der Waals surface area contributed by atoms with Gasteiger partial charge in [0, 0.05) is 13.1 Å². The van der Waals surface area contributed by atoms with Crippen molar-refractivity contribution in [2.45, 2.75) is 25.6 Å². The smallest absolute Gasteiger partial charge is 0.332 e. The van der Waals surface area contributed by atoms with E-state index in [0.29, 0.717) is 31.2 Å². The van der Waals surface area contributed by atoms with Gasteiger partial charge in [-0.25, -0.2) is 4.39 Å². The van der Waals surface area contributed by atoms with Gasteiger partial charge in [-0.1, -0.05) is 23.8 Å². The van der Waals surface area contributed by atoms with Crippen LogP contribution in [-0.4, -0.2) is 41.2 Å². The number of rotatable bonds is 1. The first-order valence-corrected chi connectivity index (χ1v) is 9.20. The lowest BCUT2D eigenvalue weighted by Crippen LogP contribution is -2.55. The molecule has 0 aromatic heterocycles. The van der Waals surface area contributed by atoms with Crippen LogP contribution in [0.4, 0.5) is 17.6 Å². The highest BCUT2D eigenvalue weighted by Gasteiger charge is 2.41. The molecule has 2 aromatic rings. The molecule has 2 aliphatic rings. The molecule has 4 rings (SSSR count). The zero-order valence-electron chi connectivity index (χ0n) is 15.6. The van der Waals surface area contributed by atoms with Crippen molar-refractivity contribution in [3.63, 3.8) is 0 Å². The van der Waals surface area contributed by atoms with Crippen molar-refractivity contribution in [3.8, 4) is 0 Å². The first kappa shape index (κ1) is 19.4. The summed E-state index contributed by atoms with van der Waals surface area (Å²) in [5.41, 5.74) is 1.04. The third-order valence-corrected chi connectivity index (χ3v) is 5.50. The van der Waals surface area contributed by atoms with E-state index in [4.69, 9.17) is 0 Å². The number of fused-ring (bicyclic) bond motifs is 3. The molecular formula is C21H18F4N2O2. The van der Waals surface area contributed by atoms with Crippen LogP contribution in [0.15, 0.2) is 36.4 Å². The molecule has 1 saturated heterocycles. The van der Waals surface area contributed by atoms with Gasteiger partial charge in [-0.05, 0) is 42.7 Å². The van der Waals surface area contributed by atoms with E-state index in [-0.39, 0.29) is 19.0 Å². The molecule has 0 spiro atoms. The monoisotopic (exact) mass is 406 g/mol. The molecule has 0 saturated carbocycles. The predicted molar refractivity (Wildman–Crippen MR) is 96.6 cm³/mol. The van der Waals surface area contributed by atoms with Gasteiger partial charge in [-0.2, -0.15) is 13.2 Å².